The molecule has 90 valence electrons. The third-order valence-corrected chi connectivity index (χ3v) is 3.85. The molecule has 19 heavy (non-hydrogen) atoms. The van der Waals surface area contributed by atoms with Gasteiger partial charge in [-0.1, -0.05) is 48.5 Å². The maximum Gasteiger partial charge on any atom is 0.0998 e. The highest BCUT2D eigenvalue weighted by atomic mass is 32.1. The number of fused-ring (bicyclic) bond motifs is 1. The molecule has 0 unspecified atom stereocenters. The second-order valence-electron chi connectivity index (χ2n) is 4.21. The van der Waals surface area contributed by atoms with E-state index in [0.29, 0.717) is 5.57 Å². The molecule has 1 heterocycles. The molecular weight excluding hydrogens is 250 g/mol. The average Bonchev–Trinajstić information content (AvgIpc) is 2.97. The molecule has 0 bridgehead atoms. The molecule has 0 aliphatic heterocycles. The van der Waals surface area contributed by atoms with E-state index in [1.165, 1.54) is 0 Å². The number of thiophene rings is 1. The van der Waals surface area contributed by atoms with Gasteiger partial charge in [0.05, 0.1) is 11.6 Å². The summed E-state index contributed by atoms with van der Waals surface area (Å²) in [6.45, 7) is 0. The van der Waals surface area contributed by atoms with Crippen LogP contribution in [0.5, 0.6) is 0 Å². The number of rotatable bonds is 2. The summed E-state index contributed by atoms with van der Waals surface area (Å²) < 4.78 is 0. The molecule has 1 nitrogen and oxygen atoms in total. The largest absolute Gasteiger partial charge is 0.192 e. The van der Waals surface area contributed by atoms with E-state index in [1.54, 1.807) is 11.3 Å². The first-order valence-corrected chi connectivity index (χ1v) is 6.90. The number of benzene rings is 2. The lowest BCUT2D eigenvalue weighted by Crippen LogP contribution is -1.84. The van der Waals surface area contributed by atoms with Crippen molar-refractivity contribution in [2.75, 3.05) is 0 Å². The fourth-order valence-electron chi connectivity index (χ4n) is 2.15. The number of hydrogen-bond acceptors (Lipinski definition) is 2. The molecular formula is C17H11NS. The van der Waals surface area contributed by atoms with Gasteiger partial charge in [0, 0.05) is 10.4 Å². The maximum absolute atomic E-state index is 9.42. The highest BCUT2D eigenvalue weighted by Crippen LogP contribution is 2.27. The standard InChI is InChI=1S/C17H11NS/c18-12-14(11-15-7-4-10-19-15)17-9-3-6-13-5-1-2-8-16(13)17/h1-11H/b14-11-. The molecule has 0 radical (unpaired) electrons. The first-order valence-electron chi connectivity index (χ1n) is 6.02. The van der Waals surface area contributed by atoms with Gasteiger partial charge in [0.15, 0.2) is 0 Å². The SMILES string of the molecule is N#C/C(=C/c1cccs1)c1cccc2ccccc12. The quantitative estimate of drug-likeness (QED) is 0.598. The van der Waals surface area contributed by atoms with Gasteiger partial charge in [0.1, 0.15) is 0 Å². The number of allylic oxidation sites excluding steroid dienone is 1. The molecule has 0 fully saturated rings. The smallest absolute Gasteiger partial charge is 0.0998 e. The molecule has 0 aliphatic carbocycles. The highest BCUT2D eigenvalue weighted by Gasteiger charge is 2.06. The van der Waals surface area contributed by atoms with Gasteiger partial charge in [-0.25, -0.2) is 0 Å². The Bertz CT molecular complexity index is 771. The lowest BCUT2D eigenvalue weighted by Gasteiger charge is -2.04. The highest BCUT2D eigenvalue weighted by molar-refractivity contribution is 7.10. The molecule has 2 heteroatoms. The Kier molecular flexibility index (Phi) is 3.14. The van der Waals surface area contributed by atoms with Crippen molar-refractivity contribution < 1.29 is 0 Å². The Morgan fingerprint density at radius 3 is 2.63 bits per heavy atom. The van der Waals surface area contributed by atoms with Crippen LogP contribution < -0.4 is 0 Å². The summed E-state index contributed by atoms with van der Waals surface area (Å²) in [5.74, 6) is 0. The van der Waals surface area contributed by atoms with Crippen LogP contribution in [0.1, 0.15) is 10.4 Å². The summed E-state index contributed by atoms with van der Waals surface area (Å²) in [6.07, 6.45) is 1.95. The van der Waals surface area contributed by atoms with Crippen molar-refractivity contribution in [1.82, 2.24) is 0 Å². The summed E-state index contributed by atoms with van der Waals surface area (Å²) in [6, 6.07) is 20.6. The monoisotopic (exact) mass is 261 g/mol. The van der Waals surface area contributed by atoms with Gasteiger partial charge in [-0.15, -0.1) is 11.3 Å². The maximum atomic E-state index is 9.42. The third kappa shape index (κ3) is 2.29. The van der Waals surface area contributed by atoms with Gasteiger partial charge in [0.25, 0.3) is 0 Å². The predicted octanol–water partition coefficient (Wildman–Crippen LogP) is 4.97. The Labute approximate surface area is 116 Å². The van der Waals surface area contributed by atoms with Crippen LogP contribution >= 0.6 is 11.3 Å². The van der Waals surface area contributed by atoms with Crippen molar-refractivity contribution in [3.63, 3.8) is 0 Å². The van der Waals surface area contributed by atoms with Gasteiger partial charge < -0.3 is 0 Å². The normalized spacial score (nSPS) is 11.4. The Hall–Kier alpha value is -2.37. The molecule has 2 aromatic carbocycles. The Balaban J connectivity index is 2.20. The molecule has 0 amide bonds. The molecule has 0 atom stereocenters. The first kappa shape index (κ1) is 11.7. The van der Waals surface area contributed by atoms with E-state index in [2.05, 4.69) is 24.3 Å². The molecule has 3 aromatic rings. The average molecular weight is 261 g/mol. The summed E-state index contributed by atoms with van der Waals surface area (Å²) in [5, 5.41) is 13.7. The first-order chi connectivity index (χ1) is 9.38. The predicted molar refractivity (Wildman–Crippen MR) is 81.8 cm³/mol. The van der Waals surface area contributed by atoms with Gasteiger partial charge in [-0.05, 0) is 28.3 Å². The summed E-state index contributed by atoms with van der Waals surface area (Å²) >= 11 is 1.64. The molecule has 1 aromatic heterocycles. The van der Waals surface area contributed by atoms with E-state index >= 15 is 0 Å². The van der Waals surface area contributed by atoms with Gasteiger partial charge >= 0.3 is 0 Å². The zero-order valence-electron chi connectivity index (χ0n) is 10.2. The van der Waals surface area contributed by atoms with Crippen LogP contribution in [0.15, 0.2) is 60.0 Å². The third-order valence-electron chi connectivity index (χ3n) is 3.03. The van der Waals surface area contributed by atoms with Gasteiger partial charge in [-0.3, -0.25) is 0 Å². The number of hydrogen-bond donors (Lipinski definition) is 0. The van der Waals surface area contributed by atoms with E-state index in [-0.39, 0.29) is 0 Å². The summed E-state index contributed by atoms with van der Waals surface area (Å²) in [4.78, 5) is 1.10. The van der Waals surface area contributed by atoms with E-state index in [9.17, 15) is 5.26 Å². The number of nitriles is 1. The molecule has 0 spiro atoms. The van der Waals surface area contributed by atoms with E-state index in [4.69, 9.17) is 0 Å². The van der Waals surface area contributed by atoms with Crippen LogP contribution in [0.4, 0.5) is 0 Å². The topological polar surface area (TPSA) is 23.8 Å². The Morgan fingerprint density at radius 2 is 1.84 bits per heavy atom. The molecule has 0 saturated carbocycles. The zero-order chi connectivity index (χ0) is 13.1. The van der Waals surface area contributed by atoms with Crippen molar-refractivity contribution in [2.45, 2.75) is 0 Å². The van der Waals surface area contributed by atoms with E-state index in [0.717, 1.165) is 21.2 Å². The minimum atomic E-state index is 0.708. The molecule has 3 rings (SSSR count). The second-order valence-corrected chi connectivity index (χ2v) is 5.19. The van der Waals surface area contributed by atoms with E-state index < -0.39 is 0 Å². The van der Waals surface area contributed by atoms with Gasteiger partial charge in [0.2, 0.25) is 0 Å². The minimum absolute atomic E-state index is 0.708. The van der Waals surface area contributed by atoms with Crippen molar-refractivity contribution in [3.8, 4) is 6.07 Å². The lowest BCUT2D eigenvalue weighted by molar-refractivity contribution is 1.53. The Morgan fingerprint density at radius 1 is 1.00 bits per heavy atom. The van der Waals surface area contributed by atoms with Crippen LogP contribution in [0.2, 0.25) is 0 Å². The summed E-state index contributed by atoms with van der Waals surface area (Å²) in [7, 11) is 0. The van der Waals surface area contributed by atoms with Crippen LogP contribution in [0.25, 0.3) is 22.4 Å². The molecule has 0 N–H and O–H groups in total. The van der Waals surface area contributed by atoms with Crippen LogP contribution in [0.3, 0.4) is 0 Å². The molecule has 0 saturated heterocycles. The van der Waals surface area contributed by atoms with Crippen LogP contribution in [-0.4, -0.2) is 0 Å². The minimum Gasteiger partial charge on any atom is -0.192 e. The fraction of sp³-hybridized carbons (Fsp3) is 0. The van der Waals surface area contributed by atoms with Crippen molar-refractivity contribution in [3.05, 3.63) is 70.4 Å². The van der Waals surface area contributed by atoms with Crippen LogP contribution in [0, 0.1) is 11.3 Å². The van der Waals surface area contributed by atoms with E-state index in [1.807, 2.05) is 47.9 Å². The summed E-state index contributed by atoms with van der Waals surface area (Å²) in [5.41, 5.74) is 1.70. The van der Waals surface area contributed by atoms with Crippen molar-refractivity contribution in [1.29, 1.82) is 5.26 Å². The van der Waals surface area contributed by atoms with Crippen molar-refractivity contribution >= 4 is 33.8 Å². The van der Waals surface area contributed by atoms with Crippen molar-refractivity contribution in [2.24, 2.45) is 0 Å². The molecule has 0 aliphatic rings. The second kappa shape index (κ2) is 5.09. The van der Waals surface area contributed by atoms with Crippen LogP contribution in [-0.2, 0) is 0 Å². The number of nitrogens with zero attached hydrogens (tertiary/aromatic N) is 1. The zero-order valence-corrected chi connectivity index (χ0v) is 11.0. The van der Waals surface area contributed by atoms with Gasteiger partial charge in [-0.2, -0.15) is 5.26 Å². The fourth-order valence-corrected chi connectivity index (χ4v) is 2.80. The lowest BCUT2D eigenvalue weighted by atomic mass is 9.98.